The first-order valence-electron chi connectivity index (χ1n) is 20.1. The maximum atomic E-state index is 15.4. The Bertz CT molecular complexity index is 2580. The number of hydrogen-bond donors (Lipinski definition) is 1. The number of methoxy groups -OCH3 is 2. The number of esters is 2. The number of halogens is 5. The quantitative estimate of drug-likeness (QED) is 0.0559. The van der Waals surface area contributed by atoms with Crippen LogP contribution in [-0.4, -0.2) is 60.4 Å². The lowest BCUT2D eigenvalue weighted by Gasteiger charge is -2.14. The van der Waals surface area contributed by atoms with Gasteiger partial charge >= 0.3 is 17.2 Å². The highest BCUT2D eigenvalue weighted by Gasteiger charge is 2.19. The number of nitrogens with zero attached hydrogens (tertiary/aromatic N) is 2. The molecule has 0 aliphatic rings. The number of carbonyl (C=O) groups is 4. The van der Waals surface area contributed by atoms with E-state index in [1.54, 1.807) is 99.0 Å². The Morgan fingerprint density at radius 1 is 0.636 bits per heavy atom. The van der Waals surface area contributed by atoms with Crippen molar-refractivity contribution < 1.29 is 46.9 Å². The molecule has 348 valence electrons. The molecular formula is C50H50Cl3F2N3O8. The first-order valence-corrected chi connectivity index (χ1v) is 21.2. The van der Waals surface area contributed by atoms with Crippen molar-refractivity contribution in [2.24, 2.45) is 5.73 Å². The maximum absolute atomic E-state index is 15.4. The number of Topliss-reactive ketones (excluding diaryl/α,β-unsaturated/α-hetero) is 1. The lowest BCUT2D eigenvalue weighted by atomic mass is 9.97. The van der Waals surface area contributed by atoms with Crippen molar-refractivity contribution in [1.29, 1.82) is 0 Å². The Labute approximate surface area is 398 Å². The first kappa shape index (κ1) is 54.1. The van der Waals surface area contributed by atoms with Gasteiger partial charge in [0.25, 0.3) is 0 Å². The summed E-state index contributed by atoms with van der Waals surface area (Å²) < 4.78 is 50.2. The summed E-state index contributed by atoms with van der Waals surface area (Å²) in [5, 5.41) is -0.0200. The number of pyridine rings is 2. The standard InChI is InChI=1S/C25H23ClFNO4.C20H18ClFN2O.C4H5ClO3.CH4/c1-3-32-25(30)21(29)11-10-20-9-7-16(15-28-20)13-18-8-12-22(31-2)23(24(18)27)17-5-4-6-19(26)14-17;1-25-18-8-6-15(9-13-5-7-17(11-23)24-12-13)20(22)19(18)14-3-2-4-16(21)10-14;1-2-8-4(7)3(5)6;/h4-9,12,14-15H,3,10-11,13H2,1-2H3;2-8,10,12H,9,11,23H2,1H3;2H2,1H3;1H4. The molecule has 0 unspecified atom stereocenters. The second kappa shape index (κ2) is 27.3. The number of hydrogen-bond acceptors (Lipinski definition) is 11. The van der Waals surface area contributed by atoms with E-state index in [4.69, 9.17) is 54.7 Å². The summed E-state index contributed by atoms with van der Waals surface area (Å²) in [7, 11) is 3.02. The molecule has 0 radical (unpaired) electrons. The lowest BCUT2D eigenvalue weighted by molar-refractivity contribution is -0.153. The molecule has 16 heteroatoms. The highest BCUT2D eigenvalue weighted by atomic mass is 35.5. The largest absolute Gasteiger partial charge is 0.496 e. The molecule has 0 saturated carbocycles. The molecule has 0 bridgehead atoms. The molecule has 0 amide bonds. The van der Waals surface area contributed by atoms with E-state index in [1.165, 1.54) is 14.2 Å². The van der Waals surface area contributed by atoms with Crippen LogP contribution in [0.4, 0.5) is 8.78 Å². The second-order valence-corrected chi connectivity index (χ2v) is 15.0. The van der Waals surface area contributed by atoms with Crippen LogP contribution in [0.1, 0.15) is 61.3 Å². The smallest absolute Gasteiger partial charge is 0.391 e. The molecule has 0 saturated heterocycles. The highest BCUT2D eigenvalue weighted by molar-refractivity contribution is 6.80. The molecule has 0 fully saturated rings. The average Bonchev–Trinajstić information content (AvgIpc) is 3.30. The van der Waals surface area contributed by atoms with Gasteiger partial charge in [0.1, 0.15) is 23.1 Å². The van der Waals surface area contributed by atoms with Crippen LogP contribution in [-0.2, 0) is 54.5 Å². The number of ether oxygens (including phenoxy) is 4. The van der Waals surface area contributed by atoms with Crippen molar-refractivity contribution >= 4 is 57.8 Å². The minimum atomic E-state index is -1.08. The molecular weight excluding hydrogens is 915 g/mol. The predicted molar refractivity (Wildman–Crippen MR) is 253 cm³/mol. The first-order chi connectivity index (χ1) is 31.2. The summed E-state index contributed by atoms with van der Waals surface area (Å²) in [6.07, 6.45) is 4.49. The minimum absolute atomic E-state index is 0. The highest BCUT2D eigenvalue weighted by Crippen LogP contribution is 2.37. The molecule has 0 spiro atoms. The lowest BCUT2D eigenvalue weighted by Crippen LogP contribution is -2.17. The van der Waals surface area contributed by atoms with Gasteiger partial charge in [0.2, 0.25) is 5.78 Å². The molecule has 2 heterocycles. The van der Waals surface area contributed by atoms with Gasteiger partial charge in [-0.2, -0.15) is 0 Å². The third-order valence-electron chi connectivity index (χ3n) is 9.35. The summed E-state index contributed by atoms with van der Waals surface area (Å²) in [4.78, 5) is 51.6. The summed E-state index contributed by atoms with van der Waals surface area (Å²) in [5.74, 6) is -2.19. The molecule has 0 atom stereocenters. The van der Waals surface area contributed by atoms with E-state index in [-0.39, 0.29) is 38.7 Å². The number of carbonyl (C=O) groups excluding carboxylic acids is 4. The summed E-state index contributed by atoms with van der Waals surface area (Å²) in [5.41, 5.74) is 11.9. The second-order valence-electron chi connectivity index (χ2n) is 13.8. The van der Waals surface area contributed by atoms with Gasteiger partial charge in [-0.3, -0.25) is 19.6 Å². The van der Waals surface area contributed by atoms with Crippen LogP contribution >= 0.6 is 34.8 Å². The zero-order valence-electron chi connectivity index (χ0n) is 36.0. The number of rotatable bonds is 16. The van der Waals surface area contributed by atoms with Crippen LogP contribution in [0.15, 0.2) is 109 Å². The zero-order valence-corrected chi connectivity index (χ0v) is 38.2. The van der Waals surface area contributed by atoms with E-state index in [0.29, 0.717) is 86.4 Å². The minimum Gasteiger partial charge on any atom is -0.496 e. The average molecular weight is 965 g/mol. The molecule has 4 aromatic carbocycles. The Kier molecular flexibility index (Phi) is 22.4. The third kappa shape index (κ3) is 15.7. The van der Waals surface area contributed by atoms with Crippen LogP contribution in [0.2, 0.25) is 10.0 Å². The van der Waals surface area contributed by atoms with Gasteiger partial charge in [-0.25, -0.2) is 18.4 Å². The molecule has 2 aromatic heterocycles. The van der Waals surface area contributed by atoms with Gasteiger partial charge in [0.05, 0.1) is 44.3 Å². The zero-order chi connectivity index (χ0) is 47.5. The summed E-state index contributed by atoms with van der Waals surface area (Å²) in [6, 6.07) is 28.4. The van der Waals surface area contributed by atoms with Gasteiger partial charge < -0.3 is 24.7 Å². The predicted octanol–water partition coefficient (Wildman–Crippen LogP) is 10.8. The number of ketones is 1. The monoisotopic (exact) mass is 963 g/mol. The molecule has 66 heavy (non-hydrogen) atoms. The molecule has 0 aliphatic carbocycles. The number of benzene rings is 4. The third-order valence-corrected chi connectivity index (χ3v) is 9.98. The Morgan fingerprint density at radius 3 is 1.45 bits per heavy atom. The van der Waals surface area contributed by atoms with E-state index < -0.39 is 23.0 Å². The molecule has 6 aromatic rings. The molecule has 2 N–H and O–H groups in total. The van der Waals surface area contributed by atoms with Crippen molar-refractivity contribution in [3.8, 4) is 33.8 Å². The number of aromatic nitrogens is 2. The Morgan fingerprint density at radius 2 is 1.09 bits per heavy atom. The fraction of sp³-hybridized carbons (Fsp3) is 0.240. The summed E-state index contributed by atoms with van der Waals surface area (Å²) in [6.45, 7) is 3.97. The fourth-order valence-electron chi connectivity index (χ4n) is 6.21. The molecule has 6 rings (SSSR count). The van der Waals surface area contributed by atoms with Crippen molar-refractivity contribution in [3.05, 3.63) is 165 Å². The van der Waals surface area contributed by atoms with E-state index in [9.17, 15) is 19.2 Å². The van der Waals surface area contributed by atoms with Gasteiger partial charge in [0.15, 0.2) is 0 Å². The van der Waals surface area contributed by atoms with E-state index in [1.807, 2.05) is 24.3 Å². The van der Waals surface area contributed by atoms with Crippen LogP contribution < -0.4 is 15.2 Å². The Balaban J connectivity index is 0.000000302. The van der Waals surface area contributed by atoms with Crippen molar-refractivity contribution in [1.82, 2.24) is 9.97 Å². The summed E-state index contributed by atoms with van der Waals surface area (Å²) >= 11 is 16.8. The van der Waals surface area contributed by atoms with Crippen LogP contribution in [0.3, 0.4) is 0 Å². The SMILES string of the molecule is C.CCOC(=O)C(=O)CCc1ccc(Cc2ccc(OC)c(-c3cccc(Cl)c3)c2F)cn1.CCOC(=O)C(=O)Cl.COc1ccc(Cc2ccc(CN)nc2)c(F)c1-c1cccc(Cl)c1. The van der Waals surface area contributed by atoms with Crippen molar-refractivity contribution in [3.63, 3.8) is 0 Å². The molecule has 11 nitrogen and oxygen atoms in total. The van der Waals surface area contributed by atoms with Crippen LogP contribution in [0.25, 0.3) is 22.3 Å². The maximum Gasteiger partial charge on any atom is 0.391 e. The van der Waals surface area contributed by atoms with Gasteiger partial charge in [-0.05, 0) is 114 Å². The van der Waals surface area contributed by atoms with Crippen molar-refractivity contribution in [2.45, 2.75) is 53.5 Å². The Hall–Kier alpha value is -6.25. The van der Waals surface area contributed by atoms with E-state index in [0.717, 1.165) is 16.8 Å². The van der Waals surface area contributed by atoms with Crippen LogP contribution in [0.5, 0.6) is 11.5 Å². The topological polar surface area (TPSA) is 157 Å². The van der Waals surface area contributed by atoms with Crippen molar-refractivity contribution in [2.75, 3.05) is 27.4 Å². The normalized spacial score (nSPS) is 10.2. The number of nitrogens with two attached hydrogens (primary N) is 1. The molecule has 0 aliphatic heterocycles. The van der Waals surface area contributed by atoms with Crippen LogP contribution in [0, 0.1) is 11.6 Å². The number of aryl methyl sites for hydroxylation is 1. The van der Waals surface area contributed by atoms with Gasteiger partial charge in [-0.1, -0.05) is 79.2 Å². The fourth-order valence-corrected chi connectivity index (χ4v) is 6.65. The van der Waals surface area contributed by atoms with Gasteiger partial charge in [0, 0.05) is 53.9 Å². The van der Waals surface area contributed by atoms with Gasteiger partial charge in [-0.15, -0.1) is 0 Å². The van der Waals surface area contributed by atoms with E-state index >= 15 is 8.78 Å². The van der Waals surface area contributed by atoms with E-state index in [2.05, 4.69) is 14.7 Å².